The summed E-state index contributed by atoms with van der Waals surface area (Å²) >= 11 is 7.15. The van der Waals surface area contributed by atoms with E-state index in [0.29, 0.717) is 23.9 Å². The summed E-state index contributed by atoms with van der Waals surface area (Å²) in [4.78, 5) is 35.8. The Morgan fingerprint density at radius 3 is 2.58 bits per heavy atom. The first-order valence-electron chi connectivity index (χ1n) is 9.12. The first-order valence-corrected chi connectivity index (χ1v) is 10.7. The van der Waals surface area contributed by atoms with E-state index >= 15 is 0 Å². The quantitative estimate of drug-likeness (QED) is 0.373. The summed E-state index contributed by atoms with van der Waals surface area (Å²) in [5.41, 5.74) is -0.400. The van der Waals surface area contributed by atoms with Gasteiger partial charge in [-0.15, -0.1) is 0 Å². The van der Waals surface area contributed by atoms with Crippen molar-refractivity contribution >= 4 is 40.9 Å². The van der Waals surface area contributed by atoms with Crippen molar-refractivity contribution in [2.45, 2.75) is 11.3 Å². The number of esters is 1. The van der Waals surface area contributed by atoms with Crippen molar-refractivity contribution in [1.82, 2.24) is 14.9 Å². The number of aromatic nitrogens is 2. The van der Waals surface area contributed by atoms with Gasteiger partial charge in [0, 0.05) is 31.9 Å². The van der Waals surface area contributed by atoms with Gasteiger partial charge >= 0.3 is 12.1 Å². The highest BCUT2D eigenvalue weighted by molar-refractivity contribution is 7.98. The molecule has 2 heterocycles. The number of ether oxygens (including phenoxy) is 1. The number of halogens is 4. The van der Waals surface area contributed by atoms with E-state index in [1.54, 1.807) is 17.2 Å². The molecular weight excluding hydrogens is 457 g/mol. The fraction of sp³-hybridized carbons (Fsp3) is 0.368. The summed E-state index contributed by atoms with van der Waals surface area (Å²) in [6, 6.07) is 5.07. The standard InChI is InChI=1S/C19H18ClF3N4O3S/c1-31-18-24-10-14(20)16(25-18)17(29)30-11-15(28)27-7-5-26(6-8-27)13-4-2-3-12(9-13)19(21,22)23/h2-4,9-10H,5-8,11H2,1H3. The second kappa shape index (κ2) is 9.73. The van der Waals surface area contributed by atoms with Crippen LogP contribution in [0, 0.1) is 0 Å². The molecule has 166 valence electrons. The molecule has 31 heavy (non-hydrogen) atoms. The summed E-state index contributed by atoms with van der Waals surface area (Å²) in [7, 11) is 0. The monoisotopic (exact) mass is 474 g/mol. The van der Waals surface area contributed by atoms with Crippen molar-refractivity contribution in [2.24, 2.45) is 0 Å². The van der Waals surface area contributed by atoms with E-state index in [4.69, 9.17) is 16.3 Å². The molecule has 0 atom stereocenters. The summed E-state index contributed by atoms with van der Waals surface area (Å²) in [5, 5.41) is 0.360. The number of nitrogens with zero attached hydrogens (tertiary/aromatic N) is 4. The summed E-state index contributed by atoms with van der Waals surface area (Å²) < 4.78 is 43.8. The molecule has 0 N–H and O–H groups in total. The maximum atomic E-state index is 12.9. The van der Waals surface area contributed by atoms with Crippen molar-refractivity contribution in [3.8, 4) is 0 Å². The van der Waals surface area contributed by atoms with E-state index in [-0.39, 0.29) is 23.8 Å². The molecule has 1 aliphatic heterocycles. The number of anilines is 1. The molecular formula is C19H18ClF3N4O3S. The zero-order valence-corrected chi connectivity index (χ0v) is 17.9. The van der Waals surface area contributed by atoms with Crippen LogP contribution in [0.25, 0.3) is 0 Å². The number of piperazine rings is 1. The van der Waals surface area contributed by atoms with Gasteiger partial charge in [-0.2, -0.15) is 13.2 Å². The van der Waals surface area contributed by atoms with Gasteiger partial charge in [0.25, 0.3) is 5.91 Å². The number of hydrogen-bond acceptors (Lipinski definition) is 7. The topological polar surface area (TPSA) is 75.6 Å². The third kappa shape index (κ3) is 5.79. The van der Waals surface area contributed by atoms with Crippen LogP contribution in [-0.2, 0) is 15.7 Å². The van der Waals surface area contributed by atoms with Crippen LogP contribution in [0.15, 0.2) is 35.6 Å². The first kappa shape index (κ1) is 23.1. The molecule has 1 aliphatic rings. The molecule has 0 spiro atoms. The van der Waals surface area contributed by atoms with Gasteiger partial charge in [0.2, 0.25) is 0 Å². The minimum absolute atomic E-state index is 0.0185. The van der Waals surface area contributed by atoms with Gasteiger partial charge in [0.05, 0.1) is 16.8 Å². The number of carbonyl (C=O) groups is 2. The molecule has 12 heteroatoms. The third-order valence-corrected chi connectivity index (χ3v) is 5.43. The van der Waals surface area contributed by atoms with Crippen molar-refractivity contribution in [3.05, 3.63) is 46.7 Å². The Kier molecular flexibility index (Phi) is 7.26. The molecule has 1 saturated heterocycles. The van der Waals surface area contributed by atoms with Gasteiger partial charge in [-0.05, 0) is 24.5 Å². The smallest absolute Gasteiger partial charge is 0.416 e. The molecule has 2 aromatic rings. The Labute approximate surface area is 185 Å². The largest absolute Gasteiger partial charge is 0.451 e. The number of alkyl halides is 3. The maximum absolute atomic E-state index is 12.9. The zero-order chi connectivity index (χ0) is 22.6. The van der Waals surface area contributed by atoms with Gasteiger partial charge in [0.1, 0.15) is 0 Å². The molecule has 3 rings (SSSR count). The predicted octanol–water partition coefficient (Wildman–Crippen LogP) is 3.38. The summed E-state index contributed by atoms with van der Waals surface area (Å²) in [5.74, 6) is -1.24. The molecule has 7 nitrogen and oxygen atoms in total. The highest BCUT2D eigenvalue weighted by Gasteiger charge is 2.31. The molecule has 0 bridgehead atoms. The number of thioether (sulfide) groups is 1. The summed E-state index contributed by atoms with van der Waals surface area (Å²) in [6.07, 6.45) is -1.40. The fourth-order valence-electron chi connectivity index (χ4n) is 2.97. The normalized spacial score (nSPS) is 14.5. The highest BCUT2D eigenvalue weighted by atomic mass is 35.5. The lowest BCUT2D eigenvalue weighted by Gasteiger charge is -2.36. The average molecular weight is 475 g/mol. The molecule has 1 aromatic carbocycles. The van der Waals surface area contributed by atoms with Crippen molar-refractivity contribution in [3.63, 3.8) is 0 Å². The van der Waals surface area contributed by atoms with E-state index in [1.807, 2.05) is 0 Å². The molecule has 1 fully saturated rings. The lowest BCUT2D eigenvalue weighted by atomic mass is 10.1. The number of rotatable bonds is 5. The second-order valence-electron chi connectivity index (χ2n) is 6.55. The number of amides is 1. The Morgan fingerprint density at radius 1 is 1.23 bits per heavy atom. The van der Waals surface area contributed by atoms with Crippen molar-refractivity contribution in [2.75, 3.05) is 43.9 Å². The van der Waals surface area contributed by atoms with Crippen LogP contribution in [0.1, 0.15) is 16.1 Å². The van der Waals surface area contributed by atoms with Gasteiger partial charge in [-0.1, -0.05) is 29.4 Å². The number of benzene rings is 1. The van der Waals surface area contributed by atoms with Crippen LogP contribution < -0.4 is 4.90 Å². The maximum Gasteiger partial charge on any atom is 0.416 e. The van der Waals surface area contributed by atoms with E-state index in [1.165, 1.54) is 28.9 Å². The number of hydrogen-bond donors (Lipinski definition) is 0. The fourth-order valence-corrected chi connectivity index (χ4v) is 3.48. The van der Waals surface area contributed by atoms with E-state index in [2.05, 4.69) is 9.97 Å². The minimum Gasteiger partial charge on any atom is -0.451 e. The molecule has 0 unspecified atom stereocenters. The van der Waals surface area contributed by atoms with Crippen molar-refractivity contribution in [1.29, 1.82) is 0 Å². The molecule has 1 amide bonds. The SMILES string of the molecule is CSc1ncc(Cl)c(C(=O)OCC(=O)N2CCN(c3cccc(C(F)(F)F)c3)CC2)n1. The van der Waals surface area contributed by atoms with Crippen LogP contribution in [0.2, 0.25) is 5.02 Å². The lowest BCUT2D eigenvalue weighted by Crippen LogP contribution is -2.50. The Hall–Kier alpha value is -2.53. The number of carbonyl (C=O) groups excluding carboxylic acids is 2. The molecule has 1 aromatic heterocycles. The molecule has 0 radical (unpaired) electrons. The predicted molar refractivity (Wildman–Crippen MR) is 109 cm³/mol. The van der Waals surface area contributed by atoms with Gasteiger partial charge in [-0.25, -0.2) is 14.8 Å². The Balaban J connectivity index is 1.53. The minimum atomic E-state index is -4.42. The van der Waals surface area contributed by atoms with Crippen LogP contribution in [0.5, 0.6) is 0 Å². The van der Waals surface area contributed by atoms with Crippen LogP contribution in [0.3, 0.4) is 0 Å². The second-order valence-corrected chi connectivity index (χ2v) is 7.73. The van der Waals surface area contributed by atoms with E-state index < -0.39 is 30.2 Å². The average Bonchev–Trinajstić information content (AvgIpc) is 2.77. The molecule has 0 saturated carbocycles. The first-order chi connectivity index (χ1) is 14.7. The highest BCUT2D eigenvalue weighted by Crippen LogP contribution is 2.31. The van der Waals surface area contributed by atoms with Crippen molar-refractivity contribution < 1.29 is 27.5 Å². The Morgan fingerprint density at radius 2 is 1.94 bits per heavy atom. The Bertz CT molecular complexity index is 969. The van der Waals surface area contributed by atoms with Gasteiger partial charge < -0.3 is 14.5 Å². The van der Waals surface area contributed by atoms with Gasteiger partial charge in [0.15, 0.2) is 17.5 Å². The van der Waals surface area contributed by atoms with Gasteiger partial charge in [-0.3, -0.25) is 4.79 Å². The third-order valence-electron chi connectivity index (χ3n) is 4.60. The van der Waals surface area contributed by atoms with Crippen LogP contribution in [-0.4, -0.2) is 65.8 Å². The van der Waals surface area contributed by atoms with Crippen LogP contribution >= 0.6 is 23.4 Å². The molecule has 0 aliphatic carbocycles. The zero-order valence-electron chi connectivity index (χ0n) is 16.4. The van der Waals surface area contributed by atoms with E-state index in [0.717, 1.165) is 12.1 Å². The van der Waals surface area contributed by atoms with E-state index in [9.17, 15) is 22.8 Å². The van der Waals surface area contributed by atoms with Crippen LogP contribution in [0.4, 0.5) is 18.9 Å². The lowest BCUT2D eigenvalue weighted by molar-refractivity contribution is -0.137. The summed E-state index contributed by atoms with van der Waals surface area (Å²) in [6.45, 7) is 0.804.